The van der Waals surface area contributed by atoms with Crippen molar-refractivity contribution in [2.75, 3.05) is 0 Å². The minimum atomic E-state index is -0.153. The van der Waals surface area contributed by atoms with Crippen LogP contribution in [0, 0.1) is 0 Å². The molecule has 2 rings (SSSR count). The van der Waals surface area contributed by atoms with Crippen LogP contribution < -0.4 is 0 Å². The fourth-order valence-corrected chi connectivity index (χ4v) is 2.51. The third kappa shape index (κ3) is 4.57. The number of allylic oxidation sites excluding steroid dienone is 1. The standard InChI is InChI=1S/C19H19ClO/c1-14(2)12-18(16-8-10-17(20)11-9-16)19(21)13-15-6-4-3-5-7-15/h3-11,18H,1,12-13H2,2H3. The first-order chi connectivity index (χ1) is 10.1. The zero-order valence-corrected chi connectivity index (χ0v) is 12.9. The molecule has 0 saturated heterocycles. The van der Waals surface area contributed by atoms with Gasteiger partial charge in [-0.1, -0.05) is 59.6 Å². The van der Waals surface area contributed by atoms with Gasteiger partial charge < -0.3 is 0 Å². The van der Waals surface area contributed by atoms with Crippen molar-refractivity contribution in [2.45, 2.75) is 25.7 Å². The van der Waals surface area contributed by atoms with E-state index in [0.717, 1.165) is 16.7 Å². The summed E-state index contributed by atoms with van der Waals surface area (Å²) < 4.78 is 0. The van der Waals surface area contributed by atoms with Gasteiger partial charge in [0.1, 0.15) is 5.78 Å². The number of rotatable bonds is 6. The first-order valence-corrected chi connectivity index (χ1v) is 7.40. The monoisotopic (exact) mass is 298 g/mol. The summed E-state index contributed by atoms with van der Waals surface area (Å²) in [6.07, 6.45) is 1.12. The van der Waals surface area contributed by atoms with Gasteiger partial charge in [-0.25, -0.2) is 0 Å². The SMILES string of the molecule is C=C(C)CC(C(=O)Cc1ccccc1)c1ccc(Cl)cc1. The van der Waals surface area contributed by atoms with E-state index in [0.29, 0.717) is 17.9 Å². The molecule has 2 aromatic rings. The van der Waals surface area contributed by atoms with Crippen LogP contribution in [0.1, 0.15) is 30.4 Å². The van der Waals surface area contributed by atoms with E-state index < -0.39 is 0 Å². The molecule has 0 saturated carbocycles. The van der Waals surface area contributed by atoms with Gasteiger partial charge in [0.05, 0.1) is 0 Å². The Labute approximate surface area is 131 Å². The van der Waals surface area contributed by atoms with Crippen molar-refractivity contribution in [3.63, 3.8) is 0 Å². The first kappa shape index (κ1) is 15.5. The molecule has 0 heterocycles. The van der Waals surface area contributed by atoms with Gasteiger partial charge in [-0.05, 0) is 36.6 Å². The smallest absolute Gasteiger partial charge is 0.145 e. The fourth-order valence-electron chi connectivity index (χ4n) is 2.38. The number of carbonyl (C=O) groups is 1. The molecule has 0 aliphatic carbocycles. The second-order valence-corrected chi connectivity index (χ2v) is 5.83. The van der Waals surface area contributed by atoms with Crippen LogP contribution in [0.5, 0.6) is 0 Å². The van der Waals surface area contributed by atoms with Gasteiger partial charge in [0.15, 0.2) is 0 Å². The van der Waals surface area contributed by atoms with E-state index >= 15 is 0 Å². The summed E-state index contributed by atoms with van der Waals surface area (Å²) in [4.78, 5) is 12.7. The second-order valence-electron chi connectivity index (χ2n) is 5.39. The molecule has 1 atom stereocenters. The molecule has 1 nitrogen and oxygen atoms in total. The van der Waals surface area contributed by atoms with Gasteiger partial charge in [0, 0.05) is 17.4 Å². The molecule has 2 heteroatoms. The molecule has 0 bridgehead atoms. The lowest BCUT2D eigenvalue weighted by atomic mass is 9.86. The maximum absolute atomic E-state index is 12.7. The van der Waals surface area contributed by atoms with E-state index in [2.05, 4.69) is 6.58 Å². The third-order valence-electron chi connectivity index (χ3n) is 3.43. The molecule has 0 aromatic heterocycles. The van der Waals surface area contributed by atoms with Crippen molar-refractivity contribution >= 4 is 17.4 Å². The summed E-state index contributed by atoms with van der Waals surface area (Å²) in [6.45, 7) is 5.91. The molecule has 1 unspecified atom stereocenters. The summed E-state index contributed by atoms with van der Waals surface area (Å²) in [5.41, 5.74) is 3.06. The Balaban J connectivity index is 2.21. The average molecular weight is 299 g/mol. The summed E-state index contributed by atoms with van der Waals surface area (Å²) in [6, 6.07) is 17.4. The topological polar surface area (TPSA) is 17.1 Å². The third-order valence-corrected chi connectivity index (χ3v) is 3.69. The van der Waals surface area contributed by atoms with Crippen LogP contribution >= 0.6 is 11.6 Å². The fraction of sp³-hybridized carbons (Fsp3) is 0.211. The van der Waals surface area contributed by atoms with Gasteiger partial charge in [0.2, 0.25) is 0 Å². The van der Waals surface area contributed by atoms with Crippen LogP contribution in [-0.2, 0) is 11.2 Å². The Bertz CT molecular complexity index is 614. The van der Waals surface area contributed by atoms with E-state index in [1.54, 1.807) is 0 Å². The molecule has 0 spiro atoms. The number of carbonyl (C=O) groups excluding carboxylic acids is 1. The Morgan fingerprint density at radius 2 is 1.71 bits per heavy atom. The molecule has 108 valence electrons. The molecule has 0 N–H and O–H groups in total. The first-order valence-electron chi connectivity index (χ1n) is 7.02. The van der Waals surface area contributed by atoms with Crippen molar-refractivity contribution in [2.24, 2.45) is 0 Å². The molecule has 0 fully saturated rings. The van der Waals surface area contributed by atoms with Gasteiger partial charge in [0.25, 0.3) is 0 Å². The quantitative estimate of drug-likeness (QED) is 0.670. The molecule has 0 radical (unpaired) electrons. The van der Waals surface area contributed by atoms with Gasteiger partial charge >= 0.3 is 0 Å². The van der Waals surface area contributed by atoms with Crippen LogP contribution in [0.3, 0.4) is 0 Å². The predicted octanol–water partition coefficient (Wildman–Crippen LogP) is 5.20. The number of halogens is 1. The van der Waals surface area contributed by atoms with Crippen molar-refractivity contribution in [3.05, 3.63) is 82.9 Å². The molecule has 0 amide bonds. The lowest BCUT2D eigenvalue weighted by molar-refractivity contribution is -0.119. The molecule has 2 aromatic carbocycles. The van der Waals surface area contributed by atoms with Crippen LogP contribution in [0.2, 0.25) is 5.02 Å². The van der Waals surface area contributed by atoms with Crippen molar-refractivity contribution in [3.8, 4) is 0 Å². The van der Waals surface area contributed by atoms with Gasteiger partial charge in [-0.2, -0.15) is 0 Å². The lowest BCUT2D eigenvalue weighted by Crippen LogP contribution is -2.15. The average Bonchev–Trinajstić information content (AvgIpc) is 2.46. The lowest BCUT2D eigenvalue weighted by Gasteiger charge is -2.16. The highest BCUT2D eigenvalue weighted by Crippen LogP contribution is 2.26. The van der Waals surface area contributed by atoms with E-state index in [1.807, 2.05) is 61.5 Å². The summed E-state index contributed by atoms with van der Waals surface area (Å²) in [5.74, 6) is 0.0616. The predicted molar refractivity (Wildman–Crippen MR) is 88.8 cm³/mol. The van der Waals surface area contributed by atoms with E-state index in [-0.39, 0.29) is 11.7 Å². The van der Waals surface area contributed by atoms with Crippen molar-refractivity contribution in [1.82, 2.24) is 0 Å². The summed E-state index contributed by atoms with van der Waals surface area (Å²) >= 11 is 5.93. The zero-order valence-electron chi connectivity index (χ0n) is 12.2. The normalized spacial score (nSPS) is 11.9. The van der Waals surface area contributed by atoms with Crippen LogP contribution in [0.15, 0.2) is 66.7 Å². The van der Waals surface area contributed by atoms with Crippen LogP contribution in [-0.4, -0.2) is 5.78 Å². The molecule has 0 aliphatic rings. The maximum Gasteiger partial charge on any atom is 0.145 e. The molecule has 21 heavy (non-hydrogen) atoms. The number of ketones is 1. The Morgan fingerprint density at radius 1 is 1.10 bits per heavy atom. The van der Waals surface area contributed by atoms with Crippen LogP contribution in [0.4, 0.5) is 0 Å². The Morgan fingerprint density at radius 3 is 2.29 bits per heavy atom. The summed E-state index contributed by atoms with van der Waals surface area (Å²) in [5, 5.41) is 0.684. The van der Waals surface area contributed by atoms with E-state index in [4.69, 9.17) is 11.6 Å². The molecular formula is C19H19ClO. The Hall–Kier alpha value is -1.86. The van der Waals surface area contributed by atoms with Gasteiger partial charge in [-0.15, -0.1) is 6.58 Å². The molecule has 0 aliphatic heterocycles. The van der Waals surface area contributed by atoms with Crippen LogP contribution in [0.25, 0.3) is 0 Å². The highest BCUT2D eigenvalue weighted by atomic mass is 35.5. The highest BCUT2D eigenvalue weighted by Gasteiger charge is 2.20. The largest absolute Gasteiger partial charge is 0.299 e. The minimum Gasteiger partial charge on any atom is -0.299 e. The summed E-state index contributed by atoms with van der Waals surface area (Å²) in [7, 11) is 0. The highest BCUT2D eigenvalue weighted by molar-refractivity contribution is 6.30. The van der Waals surface area contributed by atoms with Crippen molar-refractivity contribution < 1.29 is 4.79 Å². The van der Waals surface area contributed by atoms with Crippen molar-refractivity contribution in [1.29, 1.82) is 0 Å². The molecular weight excluding hydrogens is 280 g/mol. The Kier molecular flexibility index (Phi) is 5.35. The van der Waals surface area contributed by atoms with E-state index in [1.165, 1.54) is 0 Å². The zero-order chi connectivity index (χ0) is 15.2. The van der Waals surface area contributed by atoms with E-state index in [9.17, 15) is 4.79 Å². The minimum absolute atomic E-state index is 0.153. The van der Waals surface area contributed by atoms with Gasteiger partial charge in [-0.3, -0.25) is 4.79 Å². The second kappa shape index (κ2) is 7.24. The number of hydrogen-bond donors (Lipinski definition) is 0. The number of Topliss-reactive ketones (excluding diaryl/α,β-unsaturated/α-hetero) is 1. The maximum atomic E-state index is 12.7. The number of benzene rings is 2. The number of hydrogen-bond acceptors (Lipinski definition) is 1.